The number of carbonyl (C=O) groups excluding carboxylic acids is 3. The van der Waals surface area contributed by atoms with Gasteiger partial charge in [0.2, 0.25) is 5.91 Å². The average molecular weight is 553 g/mol. The largest absolute Gasteiger partial charge is 0.461 e. The van der Waals surface area contributed by atoms with Gasteiger partial charge in [-0.2, -0.15) is 8.78 Å². The minimum absolute atomic E-state index is 0.0179. The molecular formula is C31H34F2N2O5. The van der Waals surface area contributed by atoms with Gasteiger partial charge in [-0.1, -0.05) is 91.0 Å². The van der Waals surface area contributed by atoms with Gasteiger partial charge in [-0.25, -0.2) is 0 Å². The van der Waals surface area contributed by atoms with Crippen LogP contribution < -0.4 is 11.1 Å². The van der Waals surface area contributed by atoms with Crippen LogP contribution in [0.3, 0.4) is 0 Å². The van der Waals surface area contributed by atoms with Gasteiger partial charge in [0.05, 0.1) is 18.6 Å². The number of hydrogen-bond donors (Lipinski definition) is 2. The molecule has 0 spiro atoms. The van der Waals surface area contributed by atoms with E-state index in [1.54, 1.807) is 24.3 Å². The molecule has 0 saturated heterocycles. The number of rotatable bonds is 16. The van der Waals surface area contributed by atoms with Crippen LogP contribution in [0.25, 0.3) is 0 Å². The first-order chi connectivity index (χ1) is 19.3. The van der Waals surface area contributed by atoms with E-state index in [1.165, 1.54) is 0 Å². The lowest BCUT2D eigenvalue weighted by molar-refractivity contribution is -0.154. The minimum Gasteiger partial charge on any atom is -0.461 e. The number of nitrogens with two attached hydrogens (primary N) is 1. The zero-order valence-electron chi connectivity index (χ0n) is 22.1. The van der Waals surface area contributed by atoms with Crippen molar-refractivity contribution < 1.29 is 32.6 Å². The number of nitrogens with one attached hydrogen (secondary N) is 1. The molecule has 0 saturated carbocycles. The molecule has 3 rings (SSSR count). The van der Waals surface area contributed by atoms with Crippen LogP contribution in [-0.4, -0.2) is 43.0 Å². The van der Waals surface area contributed by atoms with Crippen LogP contribution in [0.1, 0.15) is 29.5 Å². The third-order valence-electron chi connectivity index (χ3n) is 6.35. The van der Waals surface area contributed by atoms with Crippen molar-refractivity contribution in [3.05, 3.63) is 108 Å². The van der Waals surface area contributed by atoms with E-state index in [-0.39, 0.29) is 25.9 Å². The van der Waals surface area contributed by atoms with Gasteiger partial charge in [0.25, 0.3) is 0 Å². The average Bonchev–Trinajstić information content (AvgIpc) is 2.97. The first-order valence-electron chi connectivity index (χ1n) is 13.1. The number of benzene rings is 3. The van der Waals surface area contributed by atoms with Gasteiger partial charge in [-0.15, -0.1) is 0 Å². The molecule has 0 aromatic heterocycles. The SMILES string of the molecule is N[C@@H](CCc1ccccc1)C(=O)N[C@@H](COC(F)F)C(=O)C[C@@H](Cc1ccccc1)C(=O)OCc1ccccc1. The molecule has 7 nitrogen and oxygen atoms in total. The quantitative estimate of drug-likeness (QED) is 0.258. The number of halogens is 2. The summed E-state index contributed by atoms with van der Waals surface area (Å²) in [6.07, 6.45) is 0.648. The van der Waals surface area contributed by atoms with Crippen molar-refractivity contribution >= 4 is 17.7 Å². The topological polar surface area (TPSA) is 108 Å². The number of alkyl halides is 2. The molecular weight excluding hydrogens is 518 g/mol. The number of Topliss-reactive ketones (excluding diaryl/α,β-unsaturated/α-hetero) is 1. The van der Waals surface area contributed by atoms with Crippen LogP contribution in [0.5, 0.6) is 0 Å². The van der Waals surface area contributed by atoms with Crippen LogP contribution in [-0.2, 0) is 43.3 Å². The number of aryl methyl sites for hydroxylation is 1. The Balaban J connectivity index is 1.67. The van der Waals surface area contributed by atoms with Gasteiger partial charge in [-0.05, 0) is 36.0 Å². The molecule has 3 N–H and O–H groups in total. The summed E-state index contributed by atoms with van der Waals surface area (Å²) in [4.78, 5) is 39.1. The number of carbonyl (C=O) groups is 3. The fraction of sp³-hybridized carbons (Fsp3) is 0.323. The molecule has 212 valence electrons. The van der Waals surface area contributed by atoms with E-state index in [4.69, 9.17) is 10.5 Å². The molecule has 0 aliphatic rings. The number of amides is 1. The molecule has 1 amide bonds. The van der Waals surface area contributed by atoms with E-state index in [1.807, 2.05) is 66.7 Å². The molecule has 0 bridgehead atoms. The first-order valence-corrected chi connectivity index (χ1v) is 13.1. The van der Waals surface area contributed by atoms with Crippen LogP contribution in [0.15, 0.2) is 91.0 Å². The molecule has 0 unspecified atom stereocenters. The highest BCUT2D eigenvalue weighted by Gasteiger charge is 2.30. The lowest BCUT2D eigenvalue weighted by Crippen LogP contribution is -2.51. The summed E-state index contributed by atoms with van der Waals surface area (Å²) in [5.74, 6) is -2.82. The summed E-state index contributed by atoms with van der Waals surface area (Å²) >= 11 is 0. The van der Waals surface area contributed by atoms with Crippen molar-refractivity contribution in [2.24, 2.45) is 11.7 Å². The van der Waals surface area contributed by atoms with Gasteiger partial charge in [0.15, 0.2) is 5.78 Å². The van der Waals surface area contributed by atoms with Gasteiger partial charge in [0, 0.05) is 6.42 Å². The number of ether oxygens (including phenoxy) is 2. The van der Waals surface area contributed by atoms with Crippen LogP contribution in [0.4, 0.5) is 8.78 Å². The maximum atomic E-state index is 13.3. The highest BCUT2D eigenvalue weighted by atomic mass is 19.3. The Kier molecular flexibility index (Phi) is 12.4. The molecule has 0 aliphatic heterocycles. The molecule has 0 fully saturated rings. The summed E-state index contributed by atoms with van der Waals surface area (Å²) in [5.41, 5.74) is 8.59. The van der Waals surface area contributed by atoms with E-state index >= 15 is 0 Å². The molecule has 3 aromatic carbocycles. The monoisotopic (exact) mass is 552 g/mol. The normalized spacial score (nSPS) is 13.3. The first kappa shape index (κ1) is 30.6. The molecule has 3 aromatic rings. The van der Waals surface area contributed by atoms with E-state index < -0.39 is 48.9 Å². The lowest BCUT2D eigenvalue weighted by atomic mass is 9.92. The second kappa shape index (κ2) is 16.2. The summed E-state index contributed by atoms with van der Waals surface area (Å²) in [7, 11) is 0. The molecule has 9 heteroatoms. The standard InChI is InChI=1S/C31H34F2N2O5/c32-31(33)40-21-27(35-29(37)26(34)17-16-22-10-4-1-5-11-22)28(36)19-25(18-23-12-6-2-7-13-23)30(38)39-20-24-14-8-3-9-15-24/h1-15,25-27,31H,16-21,34H2,(H,35,37)/t25-,26+,27+/m1/s1. The van der Waals surface area contributed by atoms with Crippen molar-refractivity contribution in [1.29, 1.82) is 0 Å². The Morgan fingerprint density at radius 2 is 1.35 bits per heavy atom. The van der Waals surface area contributed by atoms with Crippen molar-refractivity contribution in [3.63, 3.8) is 0 Å². The Morgan fingerprint density at radius 1 is 0.800 bits per heavy atom. The second-order valence-corrected chi connectivity index (χ2v) is 9.44. The Bertz CT molecular complexity index is 1200. The maximum absolute atomic E-state index is 13.3. The van der Waals surface area contributed by atoms with Gasteiger partial charge in [0.1, 0.15) is 12.6 Å². The number of esters is 1. The molecule has 0 heterocycles. The second-order valence-electron chi connectivity index (χ2n) is 9.44. The summed E-state index contributed by atoms with van der Waals surface area (Å²) in [5, 5.41) is 2.45. The van der Waals surface area contributed by atoms with E-state index in [0.29, 0.717) is 6.42 Å². The van der Waals surface area contributed by atoms with Crippen LogP contribution in [0, 0.1) is 5.92 Å². The highest BCUT2D eigenvalue weighted by molar-refractivity contribution is 5.93. The fourth-order valence-electron chi connectivity index (χ4n) is 4.13. The molecule has 40 heavy (non-hydrogen) atoms. The number of ketones is 1. The van der Waals surface area contributed by atoms with Gasteiger partial charge < -0.3 is 20.5 Å². The van der Waals surface area contributed by atoms with Crippen molar-refractivity contribution in [3.8, 4) is 0 Å². The molecule has 0 aliphatic carbocycles. The van der Waals surface area contributed by atoms with Gasteiger partial charge >= 0.3 is 12.6 Å². The summed E-state index contributed by atoms with van der Waals surface area (Å²) in [6.45, 7) is -3.88. The zero-order valence-corrected chi connectivity index (χ0v) is 22.1. The third-order valence-corrected chi connectivity index (χ3v) is 6.35. The fourth-order valence-corrected chi connectivity index (χ4v) is 4.13. The van der Waals surface area contributed by atoms with Crippen LogP contribution >= 0.6 is 0 Å². The van der Waals surface area contributed by atoms with Crippen molar-refractivity contribution in [2.45, 2.75) is 51.0 Å². The Hall–Kier alpha value is -3.95. The van der Waals surface area contributed by atoms with Crippen LogP contribution in [0.2, 0.25) is 0 Å². The lowest BCUT2D eigenvalue weighted by Gasteiger charge is -2.22. The van der Waals surface area contributed by atoms with Crippen molar-refractivity contribution in [2.75, 3.05) is 6.61 Å². The Morgan fingerprint density at radius 3 is 1.93 bits per heavy atom. The van der Waals surface area contributed by atoms with E-state index in [0.717, 1.165) is 16.7 Å². The third kappa shape index (κ3) is 10.7. The Labute approximate surface area is 232 Å². The molecule has 3 atom stereocenters. The predicted molar refractivity (Wildman–Crippen MR) is 146 cm³/mol. The van der Waals surface area contributed by atoms with E-state index in [9.17, 15) is 23.2 Å². The maximum Gasteiger partial charge on any atom is 0.345 e. The van der Waals surface area contributed by atoms with E-state index in [2.05, 4.69) is 10.1 Å². The van der Waals surface area contributed by atoms with Crippen molar-refractivity contribution in [1.82, 2.24) is 5.32 Å². The zero-order chi connectivity index (χ0) is 28.7. The minimum atomic E-state index is -3.14. The predicted octanol–water partition coefficient (Wildman–Crippen LogP) is 4.23. The van der Waals surface area contributed by atoms with Gasteiger partial charge in [-0.3, -0.25) is 14.4 Å². The highest BCUT2D eigenvalue weighted by Crippen LogP contribution is 2.18. The smallest absolute Gasteiger partial charge is 0.345 e. The summed E-state index contributed by atoms with van der Waals surface area (Å²) < 4.78 is 35.6. The molecule has 0 radical (unpaired) electrons. The summed E-state index contributed by atoms with van der Waals surface area (Å²) in [6, 6.07) is 25.2. The number of hydrogen-bond acceptors (Lipinski definition) is 6.